The number of carbonyl (C=O) groups is 3. The Hall–Kier alpha value is -3.67. The fourth-order valence-corrected chi connectivity index (χ4v) is 4.56. The molecule has 1 aromatic heterocycles. The Kier molecular flexibility index (Phi) is 5.25. The van der Waals surface area contributed by atoms with Crippen LogP contribution in [0, 0.1) is 27.7 Å². The van der Waals surface area contributed by atoms with Crippen LogP contribution in [0.2, 0.25) is 0 Å². The van der Waals surface area contributed by atoms with Crippen molar-refractivity contribution in [3.8, 4) is 5.69 Å². The molecule has 0 spiro atoms. The van der Waals surface area contributed by atoms with E-state index in [-0.39, 0.29) is 12.3 Å². The van der Waals surface area contributed by atoms with Crippen LogP contribution in [0.1, 0.15) is 45.4 Å². The van der Waals surface area contributed by atoms with Crippen molar-refractivity contribution in [3.05, 3.63) is 88.2 Å². The highest BCUT2D eigenvalue weighted by Crippen LogP contribution is 2.29. The summed E-state index contributed by atoms with van der Waals surface area (Å²) in [5.41, 5.74) is 4.98. The second-order valence-electron chi connectivity index (χ2n) is 8.70. The molecule has 0 bridgehead atoms. The Labute approximate surface area is 187 Å². The van der Waals surface area contributed by atoms with Crippen molar-refractivity contribution < 1.29 is 14.4 Å². The number of aromatic nitrogens is 1. The van der Waals surface area contributed by atoms with E-state index in [1.54, 1.807) is 19.1 Å². The van der Waals surface area contributed by atoms with Gasteiger partial charge in [-0.05, 0) is 69.5 Å². The van der Waals surface area contributed by atoms with E-state index in [1.807, 2.05) is 56.5 Å². The molecule has 1 fully saturated rings. The number of nitrogens with one attached hydrogen (secondary N) is 1. The summed E-state index contributed by atoms with van der Waals surface area (Å²) in [4.78, 5) is 40.0. The predicted octanol–water partition coefficient (Wildman–Crippen LogP) is 4.36. The first kappa shape index (κ1) is 21.6. The quantitative estimate of drug-likeness (QED) is 0.484. The molecule has 1 N–H and O–H groups in total. The second kappa shape index (κ2) is 7.79. The average molecular weight is 430 g/mol. The van der Waals surface area contributed by atoms with E-state index < -0.39 is 17.5 Å². The van der Waals surface area contributed by atoms with Gasteiger partial charge in [0.1, 0.15) is 5.54 Å². The van der Waals surface area contributed by atoms with Gasteiger partial charge < -0.3 is 9.88 Å². The number of Topliss-reactive ketones (excluding diaryl/α,β-unsaturated/α-hetero) is 1. The molecule has 0 aliphatic carbocycles. The molecule has 6 nitrogen and oxygen atoms in total. The van der Waals surface area contributed by atoms with Crippen molar-refractivity contribution in [1.82, 2.24) is 14.8 Å². The molecule has 1 saturated heterocycles. The Morgan fingerprint density at radius 3 is 2.19 bits per heavy atom. The smallest absolute Gasteiger partial charge is 0.319 e. The third-order valence-electron chi connectivity index (χ3n) is 6.12. The van der Waals surface area contributed by atoms with Crippen LogP contribution < -0.4 is 5.32 Å². The van der Waals surface area contributed by atoms with E-state index in [0.29, 0.717) is 11.1 Å². The van der Waals surface area contributed by atoms with Crippen LogP contribution in [0.5, 0.6) is 0 Å². The molecule has 3 aromatic rings. The molecule has 4 rings (SSSR count). The maximum Gasteiger partial charge on any atom is 0.325 e. The van der Waals surface area contributed by atoms with Crippen LogP contribution in [-0.2, 0) is 10.3 Å². The Morgan fingerprint density at radius 2 is 1.56 bits per heavy atom. The van der Waals surface area contributed by atoms with Crippen molar-refractivity contribution in [2.45, 2.75) is 40.2 Å². The fourth-order valence-electron chi connectivity index (χ4n) is 4.56. The van der Waals surface area contributed by atoms with Gasteiger partial charge in [0.2, 0.25) is 0 Å². The summed E-state index contributed by atoms with van der Waals surface area (Å²) in [7, 11) is 0. The molecule has 1 unspecified atom stereocenters. The SMILES string of the molecule is Cc1cc(C)cc(-n2c(C)cc(C(=O)CN3C(=O)NC(C)(c4ccccc4)C3=O)c2C)c1. The average Bonchev–Trinajstić information content (AvgIpc) is 3.15. The minimum atomic E-state index is -1.19. The number of amides is 3. The molecule has 3 amide bonds. The Balaban J connectivity index is 1.63. The van der Waals surface area contributed by atoms with Gasteiger partial charge in [0.15, 0.2) is 5.78 Å². The van der Waals surface area contributed by atoms with Crippen LogP contribution in [0.15, 0.2) is 54.6 Å². The van der Waals surface area contributed by atoms with Crippen molar-refractivity contribution in [2.75, 3.05) is 6.54 Å². The highest BCUT2D eigenvalue weighted by Gasteiger charge is 2.49. The molecule has 0 radical (unpaired) electrons. The first-order chi connectivity index (χ1) is 15.1. The fraction of sp³-hybridized carbons (Fsp3) is 0.269. The van der Waals surface area contributed by atoms with Gasteiger partial charge in [-0.1, -0.05) is 36.4 Å². The molecule has 2 heterocycles. The van der Waals surface area contributed by atoms with Crippen LogP contribution in [0.25, 0.3) is 5.69 Å². The van der Waals surface area contributed by atoms with Gasteiger partial charge in [-0.3, -0.25) is 14.5 Å². The van der Waals surface area contributed by atoms with Gasteiger partial charge in [-0.25, -0.2) is 4.79 Å². The molecule has 164 valence electrons. The highest BCUT2D eigenvalue weighted by atomic mass is 16.2. The lowest BCUT2D eigenvalue weighted by atomic mass is 9.92. The lowest BCUT2D eigenvalue weighted by Crippen LogP contribution is -2.41. The second-order valence-corrected chi connectivity index (χ2v) is 8.70. The van der Waals surface area contributed by atoms with E-state index in [0.717, 1.165) is 33.1 Å². The summed E-state index contributed by atoms with van der Waals surface area (Å²) in [6.45, 7) is 9.28. The number of imide groups is 1. The topological polar surface area (TPSA) is 71.4 Å². The largest absolute Gasteiger partial charge is 0.325 e. The van der Waals surface area contributed by atoms with Crippen LogP contribution in [-0.4, -0.2) is 33.7 Å². The summed E-state index contributed by atoms with van der Waals surface area (Å²) in [6, 6.07) is 16.6. The summed E-state index contributed by atoms with van der Waals surface area (Å²) < 4.78 is 2.03. The van der Waals surface area contributed by atoms with Crippen molar-refractivity contribution in [2.24, 2.45) is 0 Å². The molecule has 1 aliphatic rings. The molecular formula is C26H27N3O3. The zero-order valence-corrected chi connectivity index (χ0v) is 19.0. The maximum absolute atomic E-state index is 13.2. The monoisotopic (exact) mass is 429 g/mol. The Bertz CT molecular complexity index is 1220. The number of hydrogen-bond acceptors (Lipinski definition) is 3. The minimum absolute atomic E-state index is 0.269. The van der Waals surface area contributed by atoms with Gasteiger partial charge in [-0.2, -0.15) is 0 Å². The molecule has 6 heteroatoms. The van der Waals surface area contributed by atoms with Crippen molar-refractivity contribution >= 4 is 17.7 Å². The molecule has 2 aromatic carbocycles. The number of urea groups is 1. The standard InChI is InChI=1S/C26H27N3O3/c1-16-11-17(2)13-21(12-16)29-18(3)14-22(19(29)4)23(30)15-28-24(31)26(5,27-25(28)32)20-9-7-6-8-10-20/h6-14H,15H2,1-5H3,(H,27,32). The normalized spacial score (nSPS) is 18.2. The third-order valence-corrected chi connectivity index (χ3v) is 6.12. The van der Waals surface area contributed by atoms with Gasteiger partial charge in [0.25, 0.3) is 5.91 Å². The summed E-state index contributed by atoms with van der Waals surface area (Å²) in [6.07, 6.45) is 0. The number of hydrogen-bond donors (Lipinski definition) is 1. The summed E-state index contributed by atoms with van der Waals surface area (Å²) in [5, 5.41) is 2.75. The van der Waals surface area contributed by atoms with Gasteiger partial charge >= 0.3 is 6.03 Å². The number of carbonyl (C=O) groups excluding carboxylic acids is 3. The van der Waals surface area contributed by atoms with E-state index >= 15 is 0 Å². The maximum atomic E-state index is 13.2. The summed E-state index contributed by atoms with van der Waals surface area (Å²) >= 11 is 0. The molecular weight excluding hydrogens is 402 g/mol. The van der Waals surface area contributed by atoms with E-state index in [1.165, 1.54) is 0 Å². The molecule has 1 atom stereocenters. The predicted molar refractivity (Wildman–Crippen MR) is 123 cm³/mol. The number of aryl methyl sites for hydroxylation is 3. The lowest BCUT2D eigenvalue weighted by Gasteiger charge is -2.22. The van der Waals surface area contributed by atoms with E-state index in [2.05, 4.69) is 23.5 Å². The lowest BCUT2D eigenvalue weighted by molar-refractivity contribution is -0.130. The van der Waals surface area contributed by atoms with Gasteiger partial charge in [0.05, 0.1) is 6.54 Å². The number of nitrogens with zero attached hydrogens (tertiary/aromatic N) is 2. The first-order valence-corrected chi connectivity index (χ1v) is 10.6. The zero-order chi connectivity index (χ0) is 23.2. The zero-order valence-electron chi connectivity index (χ0n) is 19.0. The molecule has 1 aliphatic heterocycles. The molecule has 0 saturated carbocycles. The number of rotatable bonds is 5. The van der Waals surface area contributed by atoms with E-state index in [9.17, 15) is 14.4 Å². The van der Waals surface area contributed by atoms with Crippen molar-refractivity contribution in [3.63, 3.8) is 0 Å². The third kappa shape index (κ3) is 3.51. The van der Waals surface area contributed by atoms with Crippen LogP contribution in [0.3, 0.4) is 0 Å². The van der Waals surface area contributed by atoms with Crippen LogP contribution >= 0.6 is 0 Å². The minimum Gasteiger partial charge on any atom is -0.319 e. The van der Waals surface area contributed by atoms with E-state index in [4.69, 9.17) is 0 Å². The summed E-state index contributed by atoms with van der Waals surface area (Å²) in [5.74, 6) is -0.695. The molecule has 32 heavy (non-hydrogen) atoms. The van der Waals surface area contributed by atoms with Gasteiger partial charge in [0, 0.05) is 22.6 Å². The first-order valence-electron chi connectivity index (χ1n) is 10.6. The van der Waals surface area contributed by atoms with Crippen molar-refractivity contribution in [1.29, 1.82) is 0 Å². The highest BCUT2D eigenvalue weighted by molar-refractivity contribution is 6.11. The van der Waals surface area contributed by atoms with Crippen LogP contribution in [0.4, 0.5) is 4.79 Å². The number of ketones is 1. The number of benzene rings is 2. The Morgan fingerprint density at radius 1 is 0.938 bits per heavy atom. The van der Waals surface area contributed by atoms with Gasteiger partial charge in [-0.15, -0.1) is 0 Å².